The Hall–Kier alpha value is -1.95. The highest BCUT2D eigenvalue weighted by molar-refractivity contribution is 5.80. The topological polar surface area (TPSA) is 55.3 Å². The van der Waals surface area contributed by atoms with E-state index < -0.39 is 0 Å². The lowest BCUT2D eigenvalue weighted by Gasteiger charge is -2.23. The van der Waals surface area contributed by atoms with Crippen LogP contribution < -0.4 is 14.8 Å². The zero-order valence-electron chi connectivity index (χ0n) is 15.1. The summed E-state index contributed by atoms with van der Waals surface area (Å²) in [5.41, 5.74) is 0. The molecule has 1 fully saturated rings. The van der Waals surface area contributed by atoms with Gasteiger partial charge in [0.15, 0.2) is 5.96 Å². The van der Waals surface area contributed by atoms with E-state index in [9.17, 15) is 0 Å². The Morgan fingerprint density at radius 3 is 2.88 bits per heavy atom. The summed E-state index contributed by atoms with van der Waals surface area (Å²) in [5, 5.41) is 3.40. The van der Waals surface area contributed by atoms with Crippen LogP contribution in [-0.4, -0.2) is 64.5 Å². The molecule has 1 saturated heterocycles. The lowest BCUT2D eigenvalue weighted by molar-refractivity contribution is 0.157. The highest BCUT2D eigenvalue weighted by Gasteiger charge is 2.24. The van der Waals surface area contributed by atoms with Crippen LogP contribution in [-0.2, 0) is 4.74 Å². The van der Waals surface area contributed by atoms with Crippen LogP contribution in [0.4, 0.5) is 0 Å². The molecule has 0 spiro atoms. The maximum atomic E-state index is 5.94. The van der Waals surface area contributed by atoms with Crippen LogP contribution in [0.5, 0.6) is 11.5 Å². The van der Waals surface area contributed by atoms with Gasteiger partial charge in [-0.1, -0.05) is 6.07 Å². The molecule has 6 nitrogen and oxygen atoms in total. The minimum atomic E-state index is 0.0197. The highest BCUT2D eigenvalue weighted by Crippen LogP contribution is 2.20. The lowest BCUT2D eigenvalue weighted by atomic mass is 10.1. The second-order valence-electron chi connectivity index (χ2n) is 6.09. The molecule has 2 atom stereocenters. The molecule has 1 heterocycles. The van der Waals surface area contributed by atoms with E-state index in [2.05, 4.69) is 15.2 Å². The van der Waals surface area contributed by atoms with Crippen molar-refractivity contribution in [2.45, 2.75) is 19.4 Å². The molecule has 0 bridgehead atoms. The molecule has 134 valence electrons. The molecule has 1 N–H and O–H groups in total. The number of hydrogen-bond acceptors (Lipinski definition) is 4. The van der Waals surface area contributed by atoms with Gasteiger partial charge in [0, 0.05) is 39.2 Å². The van der Waals surface area contributed by atoms with E-state index in [1.165, 1.54) is 0 Å². The van der Waals surface area contributed by atoms with Gasteiger partial charge >= 0.3 is 0 Å². The van der Waals surface area contributed by atoms with Crippen molar-refractivity contribution in [2.24, 2.45) is 10.9 Å². The maximum absolute atomic E-state index is 5.94. The fourth-order valence-electron chi connectivity index (χ4n) is 2.91. The summed E-state index contributed by atoms with van der Waals surface area (Å²) in [4.78, 5) is 6.67. The first kappa shape index (κ1) is 18.4. The number of likely N-dealkylation sites (tertiary alicyclic amines) is 1. The highest BCUT2D eigenvalue weighted by atomic mass is 16.5. The second kappa shape index (κ2) is 9.37. The van der Waals surface area contributed by atoms with Gasteiger partial charge in [-0.3, -0.25) is 4.99 Å². The van der Waals surface area contributed by atoms with E-state index in [4.69, 9.17) is 14.2 Å². The summed E-state index contributed by atoms with van der Waals surface area (Å²) in [7, 11) is 5.23. The van der Waals surface area contributed by atoms with E-state index in [0.29, 0.717) is 12.5 Å². The van der Waals surface area contributed by atoms with Crippen molar-refractivity contribution >= 4 is 5.96 Å². The Kier molecular flexibility index (Phi) is 7.18. The lowest BCUT2D eigenvalue weighted by Crippen LogP contribution is -2.43. The smallest absolute Gasteiger partial charge is 0.193 e. The molecule has 0 aromatic heterocycles. The Labute approximate surface area is 144 Å². The van der Waals surface area contributed by atoms with Gasteiger partial charge in [0.05, 0.1) is 20.3 Å². The molecule has 24 heavy (non-hydrogen) atoms. The number of hydrogen-bond donors (Lipinski definition) is 1. The Balaban J connectivity index is 1.80. The van der Waals surface area contributed by atoms with E-state index in [-0.39, 0.29) is 6.10 Å². The van der Waals surface area contributed by atoms with Crippen molar-refractivity contribution < 1.29 is 14.2 Å². The Morgan fingerprint density at radius 1 is 1.38 bits per heavy atom. The molecular formula is C18H29N3O3. The van der Waals surface area contributed by atoms with Crippen LogP contribution in [0.25, 0.3) is 0 Å². The first-order valence-corrected chi connectivity index (χ1v) is 8.41. The van der Waals surface area contributed by atoms with Crippen molar-refractivity contribution in [3.63, 3.8) is 0 Å². The third-order valence-electron chi connectivity index (χ3n) is 4.13. The third kappa shape index (κ3) is 5.30. The predicted octanol–water partition coefficient (Wildman–Crippen LogP) is 2.01. The van der Waals surface area contributed by atoms with Crippen LogP contribution in [0.1, 0.15) is 13.3 Å². The number of ether oxygens (including phenoxy) is 3. The number of methoxy groups -OCH3 is 2. The number of rotatable bonds is 7. The summed E-state index contributed by atoms with van der Waals surface area (Å²) in [6.07, 6.45) is 1.16. The molecule has 0 amide bonds. The summed E-state index contributed by atoms with van der Waals surface area (Å²) in [5.74, 6) is 3.11. The number of benzene rings is 1. The van der Waals surface area contributed by atoms with Crippen LogP contribution in [0, 0.1) is 5.92 Å². The van der Waals surface area contributed by atoms with Crippen molar-refractivity contribution in [2.75, 3.05) is 47.5 Å². The monoisotopic (exact) mass is 335 g/mol. The van der Waals surface area contributed by atoms with Gasteiger partial charge in [-0.15, -0.1) is 0 Å². The van der Waals surface area contributed by atoms with Gasteiger partial charge < -0.3 is 24.4 Å². The maximum Gasteiger partial charge on any atom is 0.193 e. The quantitative estimate of drug-likeness (QED) is 0.610. The standard InChI is InChI=1S/C18H29N3O3/c1-14(24-17-7-5-6-16(10-17)23-4)11-20-18(19-2)21-9-8-15(12-21)13-22-3/h5-7,10,14-15H,8-9,11-13H2,1-4H3,(H,19,20). The van der Waals surface area contributed by atoms with Gasteiger partial charge in [0.1, 0.15) is 17.6 Å². The third-order valence-corrected chi connectivity index (χ3v) is 4.13. The van der Waals surface area contributed by atoms with E-state index >= 15 is 0 Å². The average molecular weight is 335 g/mol. The number of nitrogens with one attached hydrogen (secondary N) is 1. The van der Waals surface area contributed by atoms with Gasteiger partial charge in [-0.25, -0.2) is 0 Å². The van der Waals surface area contributed by atoms with Crippen LogP contribution >= 0.6 is 0 Å². The van der Waals surface area contributed by atoms with Crippen molar-refractivity contribution in [1.29, 1.82) is 0 Å². The van der Waals surface area contributed by atoms with Gasteiger partial charge in [0.25, 0.3) is 0 Å². The van der Waals surface area contributed by atoms with Crippen molar-refractivity contribution in [1.82, 2.24) is 10.2 Å². The summed E-state index contributed by atoms with van der Waals surface area (Å²) in [6.45, 7) is 5.53. The molecule has 1 aliphatic rings. The summed E-state index contributed by atoms with van der Waals surface area (Å²) in [6, 6.07) is 7.65. The second-order valence-corrected chi connectivity index (χ2v) is 6.09. The minimum absolute atomic E-state index is 0.0197. The Bertz CT molecular complexity index is 536. The zero-order chi connectivity index (χ0) is 17.4. The van der Waals surface area contributed by atoms with Gasteiger partial charge in [-0.05, 0) is 25.5 Å². The summed E-state index contributed by atoms with van der Waals surface area (Å²) >= 11 is 0. The van der Waals surface area contributed by atoms with Crippen molar-refractivity contribution in [3.8, 4) is 11.5 Å². The fraction of sp³-hybridized carbons (Fsp3) is 0.611. The van der Waals surface area contributed by atoms with Crippen LogP contribution in [0.3, 0.4) is 0 Å². The number of nitrogens with zero attached hydrogens (tertiary/aromatic N) is 2. The van der Waals surface area contributed by atoms with E-state index in [0.717, 1.165) is 43.6 Å². The minimum Gasteiger partial charge on any atom is -0.497 e. The zero-order valence-corrected chi connectivity index (χ0v) is 15.1. The van der Waals surface area contributed by atoms with Crippen LogP contribution in [0.2, 0.25) is 0 Å². The molecule has 2 rings (SSSR count). The first-order chi connectivity index (χ1) is 11.7. The predicted molar refractivity (Wildman–Crippen MR) is 96.0 cm³/mol. The van der Waals surface area contributed by atoms with E-state index in [1.54, 1.807) is 14.2 Å². The molecule has 0 radical (unpaired) electrons. The largest absolute Gasteiger partial charge is 0.497 e. The normalized spacial score (nSPS) is 19.2. The number of aliphatic imine (C=N–C) groups is 1. The van der Waals surface area contributed by atoms with E-state index in [1.807, 2.05) is 38.2 Å². The molecule has 2 unspecified atom stereocenters. The first-order valence-electron chi connectivity index (χ1n) is 8.41. The number of guanidine groups is 1. The molecule has 0 aliphatic carbocycles. The van der Waals surface area contributed by atoms with Crippen LogP contribution in [0.15, 0.2) is 29.3 Å². The van der Waals surface area contributed by atoms with Gasteiger partial charge in [-0.2, -0.15) is 0 Å². The SMILES string of the molecule is CN=C(NCC(C)Oc1cccc(OC)c1)N1CCC(COC)C1. The Morgan fingerprint density at radius 2 is 2.17 bits per heavy atom. The average Bonchev–Trinajstić information content (AvgIpc) is 3.04. The molecule has 6 heteroatoms. The van der Waals surface area contributed by atoms with Crippen molar-refractivity contribution in [3.05, 3.63) is 24.3 Å². The molecule has 1 aliphatic heterocycles. The molecule has 1 aromatic rings. The molecular weight excluding hydrogens is 306 g/mol. The molecule has 1 aromatic carbocycles. The van der Waals surface area contributed by atoms with Gasteiger partial charge in [0.2, 0.25) is 0 Å². The summed E-state index contributed by atoms with van der Waals surface area (Å²) < 4.78 is 16.4. The fourth-order valence-corrected chi connectivity index (χ4v) is 2.91. The molecule has 0 saturated carbocycles.